The number of aromatic nitrogens is 2. The Kier molecular flexibility index (Phi) is 10.7. The number of thioether (sulfide) groups is 1. The van der Waals surface area contributed by atoms with E-state index in [1.165, 1.54) is 28.0 Å². The van der Waals surface area contributed by atoms with Crippen molar-refractivity contribution in [3.8, 4) is 11.5 Å². The Morgan fingerprint density at radius 3 is 2.13 bits per heavy atom. The topological polar surface area (TPSA) is 102 Å². The number of aliphatic hydroxyl groups excluding tert-OH is 1. The summed E-state index contributed by atoms with van der Waals surface area (Å²) in [6, 6.07) is 38.3. The number of carbonyl (C=O) groups excluding carboxylic acids is 2. The second kappa shape index (κ2) is 15.9. The summed E-state index contributed by atoms with van der Waals surface area (Å²) in [4.78, 5) is 28.9. The summed E-state index contributed by atoms with van der Waals surface area (Å²) in [5, 5.41) is 21.2. The van der Waals surface area contributed by atoms with Gasteiger partial charge in [-0.05, 0) is 77.2 Å². The van der Waals surface area contributed by atoms with Crippen LogP contribution in [0.4, 0.5) is 5.13 Å². The van der Waals surface area contributed by atoms with Gasteiger partial charge in [0, 0.05) is 16.3 Å². The Hall–Kier alpha value is -5.42. The molecular formula is C41H32ClN3O5S2. The molecule has 1 aliphatic heterocycles. The highest BCUT2D eigenvalue weighted by Gasteiger charge is 2.48. The zero-order chi connectivity index (χ0) is 36.0. The number of ketones is 1. The second-order valence-electron chi connectivity index (χ2n) is 12.0. The van der Waals surface area contributed by atoms with Gasteiger partial charge in [0.05, 0.1) is 11.6 Å². The van der Waals surface area contributed by atoms with E-state index in [0.717, 1.165) is 22.3 Å². The van der Waals surface area contributed by atoms with E-state index in [1.54, 1.807) is 48.5 Å². The van der Waals surface area contributed by atoms with Gasteiger partial charge in [-0.1, -0.05) is 120 Å². The van der Waals surface area contributed by atoms with E-state index in [1.807, 2.05) is 85.8 Å². The first-order valence-electron chi connectivity index (χ1n) is 16.4. The molecule has 1 aliphatic rings. The number of rotatable bonds is 12. The van der Waals surface area contributed by atoms with Gasteiger partial charge >= 0.3 is 5.91 Å². The molecule has 1 amide bonds. The summed E-state index contributed by atoms with van der Waals surface area (Å²) in [6.07, 6.45) is 0. The van der Waals surface area contributed by atoms with Crippen molar-refractivity contribution in [3.63, 3.8) is 0 Å². The molecular weight excluding hydrogens is 714 g/mol. The monoisotopic (exact) mass is 745 g/mol. The molecule has 7 rings (SSSR count). The molecule has 11 heteroatoms. The Morgan fingerprint density at radius 2 is 1.42 bits per heavy atom. The summed E-state index contributed by atoms with van der Waals surface area (Å²) in [6.45, 7) is 2.79. The molecule has 6 aromatic rings. The number of Topliss-reactive ketones (excluding diaryl/α,β-unsaturated/α-hetero) is 1. The van der Waals surface area contributed by atoms with Gasteiger partial charge in [0.1, 0.15) is 30.5 Å². The molecule has 1 N–H and O–H groups in total. The molecule has 2 heterocycles. The largest absolute Gasteiger partial charge is 0.507 e. The van der Waals surface area contributed by atoms with Crippen LogP contribution in [0, 0.1) is 6.92 Å². The Bertz CT molecular complexity index is 2240. The minimum absolute atomic E-state index is 0.0583. The van der Waals surface area contributed by atoms with Crippen LogP contribution in [0.5, 0.6) is 11.5 Å². The van der Waals surface area contributed by atoms with Crippen molar-refractivity contribution in [2.45, 2.75) is 36.3 Å². The van der Waals surface area contributed by atoms with Crippen molar-refractivity contribution in [3.05, 3.63) is 171 Å². The van der Waals surface area contributed by atoms with Crippen LogP contribution in [0.15, 0.2) is 137 Å². The van der Waals surface area contributed by atoms with E-state index >= 15 is 0 Å². The van der Waals surface area contributed by atoms with Crippen LogP contribution in [0.25, 0.3) is 5.76 Å². The van der Waals surface area contributed by atoms with Crippen molar-refractivity contribution in [2.75, 3.05) is 4.90 Å². The zero-order valence-electron chi connectivity index (χ0n) is 27.9. The Balaban J connectivity index is 1.18. The lowest BCUT2D eigenvalue weighted by Crippen LogP contribution is -2.29. The molecule has 0 spiro atoms. The fraction of sp³-hybridized carbons (Fsp3) is 0.122. The summed E-state index contributed by atoms with van der Waals surface area (Å²) in [7, 11) is 0. The third kappa shape index (κ3) is 7.74. The first-order chi connectivity index (χ1) is 25.4. The van der Waals surface area contributed by atoms with E-state index in [9.17, 15) is 14.7 Å². The van der Waals surface area contributed by atoms with E-state index in [0.29, 0.717) is 51.0 Å². The lowest BCUT2D eigenvalue weighted by molar-refractivity contribution is -0.132. The zero-order valence-corrected chi connectivity index (χ0v) is 30.3. The van der Waals surface area contributed by atoms with Gasteiger partial charge < -0.3 is 14.6 Å². The van der Waals surface area contributed by atoms with Crippen molar-refractivity contribution < 1.29 is 24.2 Å². The Labute approximate surface area is 314 Å². The number of aliphatic hydroxyl groups is 1. The van der Waals surface area contributed by atoms with Crippen LogP contribution in [0.3, 0.4) is 0 Å². The predicted octanol–water partition coefficient (Wildman–Crippen LogP) is 9.58. The predicted molar refractivity (Wildman–Crippen MR) is 205 cm³/mol. The highest BCUT2D eigenvalue weighted by molar-refractivity contribution is 8.00. The van der Waals surface area contributed by atoms with Gasteiger partial charge in [-0.2, -0.15) is 0 Å². The second-order valence-corrected chi connectivity index (χ2v) is 14.6. The van der Waals surface area contributed by atoms with Crippen molar-refractivity contribution in [2.24, 2.45) is 0 Å². The van der Waals surface area contributed by atoms with Gasteiger partial charge in [0.25, 0.3) is 5.78 Å². The van der Waals surface area contributed by atoms with Gasteiger partial charge in [-0.15, -0.1) is 10.2 Å². The summed E-state index contributed by atoms with van der Waals surface area (Å²) >= 11 is 8.97. The van der Waals surface area contributed by atoms with Crippen LogP contribution in [-0.4, -0.2) is 27.0 Å². The number of benzene rings is 5. The number of ether oxygens (including phenoxy) is 2. The summed E-state index contributed by atoms with van der Waals surface area (Å²) in [5.41, 5.74) is 5.04. The van der Waals surface area contributed by atoms with E-state index in [4.69, 9.17) is 21.1 Å². The van der Waals surface area contributed by atoms with Crippen LogP contribution in [0.2, 0.25) is 5.02 Å². The molecule has 0 aliphatic carbocycles. The fourth-order valence-electron chi connectivity index (χ4n) is 5.74. The maximum Gasteiger partial charge on any atom is 0.301 e. The minimum Gasteiger partial charge on any atom is -0.507 e. The fourth-order valence-corrected chi connectivity index (χ4v) is 7.90. The lowest BCUT2D eigenvalue weighted by Gasteiger charge is -2.22. The third-order valence-corrected chi connectivity index (χ3v) is 11.1. The molecule has 260 valence electrons. The molecule has 1 unspecified atom stereocenters. The molecule has 0 saturated carbocycles. The molecule has 8 nitrogen and oxygen atoms in total. The highest BCUT2D eigenvalue weighted by atomic mass is 35.5. The molecule has 5 aromatic carbocycles. The summed E-state index contributed by atoms with van der Waals surface area (Å²) < 4.78 is 12.6. The maximum atomic E-state index is 13.8. The summed E-state index contributed by atoms with van der Waals surface area (Å²) in [5.74, 6) is -0.191. The van der Waals surface area contributed by atoms with Gasteiger partial charge in [0.15, 0.2) is 4.34 Å². The molecule has 1 aromatic heterocycles. The number of anilines is 1. The normalized spacial score (nSPS) is 15.2. The smallest absolute Gasteiger partial charge is 0.301 e. The Morgan fingerprint density at radius 1 is 0.788 bits per heavy atom. The molecule has 52 heavy (non-hydrogen) atoms. The lowest BCUT2D eigenvalue weighted by atomic mass is 9.95. The molecule has 1 saturated heterocycles. The number of nitrogens with zero attached hydrogens (tertiary/aromatic N) is 3. The first kappa shape index (κ1) is 35.0. The number of hydrogen-bond donors (Lipinski definition) is 1. The molecule has 0 radical (unpaired) electrons. The van der Waals surface area contributed by atoms with E-state index in [-0.39, 0.29) is 16.5 Å². The average Bonchev–Trinajstić information content (AvgIpc) is 3.75. The SMILES string of the molecule is Cc1ccccc1COc1ccc(/C(O)=C2\C(=O)C(=O)N(c3nnc(SCc4ccccc4Cl)s3)C2c2ccc(OCc3ccccc3)cc2)cc1. The van der Waals surface area contributed by atoms with Crippen LogP contribution in [-0.2, 0) is 28.6 Å². The quantitative estimate of drug-likeness (QED) is 0.0435. The number of carbonyl (C=O) groups is 2. The minimum atomic E-state index is -0.977. The molecule has 1 atom stereocenters. The van der Waals surface area contributed by atoms with Crippen LogP contribution < -0.4 is 14.4 Å². The van der Waals surface area contributed by atoms with Crippen molar-refractivity contribution in [1.82, 2.24) is 10.2 Å². The van der Waals surface area contributed by atoms with Gasteiger partial charge in [0.2, 0.25) is 5.13 Å². The van der Waals surface area contributed by atoms with E-state index in [2.05, 4.69) is 10.2 Å². The van der Waals surface area contributed by atoms with Crippen molar-refractivity contribution >= 4 is 57.3 Å². The maximum absolute atomic E-state index is 13.8. The number of aryl methyl sites for hydroxylation is 1. The third-order valence-electron chi connectivity index (χ3n) is 8.58. The van der Waals surface area contributed by atoms with Gasteiger partial charge in [-0.3, -0.25) is 14.5 Å². The highest BCUT2D eigenvalue weighted by Crippen LogP contribution is 2.44. The standard InChI is InChI=1S/C41H32ClN3O5S2/c1-26-9-5-6-12-30(26)24-50-33-21-17-29(18-22-33)37(46)35-36(28-15-19-32(20-16-28)49-23-27-10-3-2-4-11-27)45(39(48)38(35)47)40-43-44-41(52-40)51-25-31-13-7-8-14-34(31)42/h2-22,36,46H,23-25H2,1H3/b37-35+. The number of halogens is 1. The van der Waals surface area contributed by atoms with E-state index < -0.39 is 17.7 Å². The van der Waals surface area contributed by atoms with Gasteiger partial charge in [-0.25, -0.2) is 0 Å². The molecule has 1 fully saturated rings. The van der Waals surface area contributed by atoms with Crippen molar-refractivity contribution in [1.29, 1.82) is 0 Å². The first-order valence-corrected chi connectivity index (χ1v) is 18.6. The van der Waals surface area contributed by atoms with Crippen LogP contribution in [0.1, 0.15) is 39.4 Å². The number of hydrogen-bond acceptors (Lipinski definition) is 9. The number of amides is 1. The van der Waals surface area contributed by atoms with Crippen LogP contribution >= 0.6 is 34.7 Å². The average molecular weight is 746 g/mol. The molecule has 0 bridgehead atoms.